The van der Waals surface area contributed by atoms with E-state index in [0.29, 0.717) is 12.1 Å². The Morgan fingerprint density at radius 3 is 2.50 bits per heavy atom. The van der Waals surface area contributed by atoms with Crippen LogP contribution in [0.4, 0.5) is 0 Å². The van der Waals surface area contributed by atoms with Crippen molar-refractivity contribution in [2.45, 2.75) is 58.2 Å². The molecule has 0 bridgehead atoms. The maximum absolute atomic E-state index is 12.1. The first-order valence-electron chi connectivity index (χ1n) is 8.90. The van der Waals surface area contributed by atoms with Gasteiger partial charge in [0, 0.05) is 50.7 Å². The first-order chi connectivity index (χ1) is 10.9. The average molecular weight is 451 g/mol. The van der Waals surface area contributed by atoms with Gasteiger partial charge in [-0.1, -0.05) is 13.8 Å². The van der Waals surface area contributed by atoms with Gasteiger partial charge in [0.25, 0.3) is 0 Å². The van der Waals surface area contributed by atoms with Crippen molar-refractivity contribution in [3.8, 4) is 0 Å². The number of carbonyl (C=O) groups excluding carboxylic acids is 1. The first kappa shape index (κ1) is 21.5. The average Bonchev–Trinajstić information content (AvgIpc) is 3.28. The van der Waals surface area contributed by atoms with Crippen molar-refractivity contribution < 1.29 is 4.79 Å². The molecule has 0 aromatic rings. The minimum atomic E-state index is 0. The number of hydrogen-bond acceptors (Lipinski definition) is 3. The molecular formula is C17H34IN5O. The Bertz CT molecular complexity index is 439. The molecule has 1 heterocycles. The van der Waals surface area contributed by atoms with E-state index in [4.69, 9.17) is 0 Å². The normalized spacial score (nSPS) is 22.5. The Hall–Kier alpha value is -0.570. The highest BCUT2D eigenvalue weighted by Crippen LogP contribution is 2.26. The van der Waals surface area contributed by atoms with Gasteiger partial charge in [-0.3, -0.25) is 14.7 Å². The number of rotatable bonds is 6. The zero-order valence-corrected chi connectivity index (χ0v) is 18.0. The number of likely N-dealkylation sites (N-methyl/N-ethyl adjacent to an activating group) is 1. The van der Waals surface area contributed by atoms with E-state index in [9.17, 15) is 4.79 Å². The summed E-state index contributed by atoms with van der Waals surface area (Å²) in [6.07, 6.45) is 3.64. The molecule has 0 spiro atoms. The lowest BCUT2D eigenvalue weighted by molar-refractivity contribution is -0.133. The van der Waals surface area contributed by atoms with Crippen LogP contribution in [0.3, 0.4) is 0 Å². The summed E-state index contributed by atoms with van der Waals surface area (Å²) in [5.41, 5.74) is 0. The second kappa shape index (κ2) is 9.79. The fourth-order valence-corrected chi connectivity index (χ4v) is 3.06. The molecule has 1 amide bonds. The molecular weight excluding hydrogens is 417 g/mol. The number of nitrogens with one attached hydrogen (secondary N) is 2. The molecule has 0 aromatic carbocycles. The molecule has 2 N–H and O–H groups in total. The van der Waals surface area contributed by atoms with E-state index in [2.05, 4.69) is 34.5 Å². The summed E-state index contributed by atoms with van der Waals surface area (Å²) in [6.45, 7) is 8.66. The van der Waals surface area contributed by atoms with Crippen molar-refractivity contribution in [2.75, 3.05) is 33.7 Å². The number of nitrogens with zero attached hydrogens (tertiary/aromatic N) is 3. The van der Waals surface area contributed by atoms with Gasteiger partial charge in [0.1, 0.15) is 0 Å². The Morgan fingerprint density at radius 2 is 1.96 bits per heavy atom. The Kier molecular flexibility index (Phi) is 8.76. The van der Waals surface area contributed by atoms with E-state index in [-0.39, 0.29) is 35.8 Å². The molecule has 2 unspecified atom stereocenters. The van der Waals surface area contributed by atoms with Gasteiger partial charge in [-0.05, 0) is 33.2 Å². The van der Waals surface area contributed by atoms with Crippen LogP contribution in [-0.4, -0.2) is 73.5 Å². The summed E-state index contributed by atoms with van der Waals surface area (Å²) < 4.78 is 0. The van der Waals surface area contributed by atoms with Crippen LogP contribution in [-0.2, 0) is 4.79 Å². The lowest BCUT2D eigenvalue weighted by Gasteiger charge is -2.26. The summed E-state index contributed by atoms with van der Waals surface area (Å²) in [6, 6.07) is 1.55. The molecule has 0 aromatic heterocycles. The number of aliphatic imine (C=N–C) groups is 1. The summed E-state index contributed by atoms with van der Waals surface area (Å²) in [4.78, 5) is 20.8. The molecule has 140 valence electrons. The lowest BCUT2D eigenvalue weighted by Crippen LogP contribution is -2.49. The summed E-state index contributed by atoms with van der Waals surface area (Å²) in [7, 11) is 4.00. The lowest BCUT2D eigenvalue weighted by atomic mass is 10.2. The largest absolute Gasteiger partial charge is 0.355 e. The Morgan fingerprint density at radius 1 is 1.29 bits per heavy atom. The van der Waals surface area contributed by atoms with Crippen LogP contribution < -0.4 is 10.6 Å². The third-order valence-corrected chi connectivity index (χ3v) is 4.94. The van der Waals surface area contributed by atoms with Gasteiger partial charge in [0.15, 0.2) is 5.96 Å². The second-order valence-electron chi connectivity index (χ2n) is 7.27. The molecule has 2 fully saturated rings. The SMILES string of the molecule is CN=C(NCC(C)N(C)C1CC1)NC1CCN(C(=O)C(C)C)C1.I. The van der Waals surface area contributed by atoms with E-state index in [1.807, 2.05) is 18.7 Å². The number of hydrogen-bond donors (Lipinski definition) is 2. The van der Waals surface area contributed by atoms with Gasteiger partial charge >= 0.3 is 0 Å². The number of amides is 1. The molecule has 24 heavy (non-hydrogen) atoms. The zero-order chi connectivity index (χ0) is 17.0. The van der Waals surface area contributed by atoms with Crippen LogP contribution in [0.2, 0.25) is 0 Å². The van der Waals surface area contributed by atoms with Crippen molar-refractivity contribution >= 4 is 35.8 Å². The highest BCUT2D eigenvalue weighted by molar-refractivity contribution is 14.0. The monoisotopic (exact) mass is 451 g/mol. The van der Waals surface area contributed by atoms with Gasteiger partial charge in [-0.2, -0.15) is 0 Å². The third kappa shape index (κ3) is 6.06. The minimum absolute atomic E-state index is 0. The number of likely N-dealkylation sites (tertiary alicyclic amines) is 1. The fourth-order valence-electron chi connectivity index (χ4n) is 3.06. The maximum Gasteiger partial charge on any atom is 0.225 e. The molecule has 7 heteroatoms. The zero-order valence-electron chi connectivity index (χ0n) is 15.7. The molecule has 1 saturated heterocycles. The molecule has 0 radical (unpaired) electrons. The predicted octanol–water partition coefficient (Wildman–Crippen LogP) is 1.51. The van der Waals surface area contributed by atoms with Crippen molar-refractivity contribution in [3.05, 3.63) is 0 Å². The Labute approximate surface area is 163 Å². The Balaban J connectivity index is 0.00000288. The van der Waals surface area contributed by atoms with Crippen molar-refractivity contribution in [3.63, 3.8) is 0 Å². The van der Waals surface area contributed by atoms with Crippen LogP contribution >= 0.6 is 24.0 Å². The smallest absolute Gasteiger partial charge is 0.225 e. The summed E-state index contributed by atoms with van der Waals surface area (Å²) in [5, 5.41) is 6.88. The molecule has 2 aliphatic rings. The third-order valence-electron chi connectivity index (χ3n) is 4.94. The van der Waals surface area contributed by atoms with Gasteiger partial charge in [0.05, 0.1) is 0 Å². The van der Waals surface area contributed by atoms with Crippen LogP contribution in [0, 0.1) is 5.92 Å². The first-order valence-corrected chi connectivity index (χ1v) is 8.90. The van der Waals surface area contributed by atoms with E-state index < -0.39 is 0 Å². The summed E-state index contributed by atoms with van der Waals surface area (Å²) >= 11 is 0. The number of carbonyl (C=O) groups is 1. The van der Waals surface area contributed by atoms with Crippen LogP contribution in [0.15, 0.2) is 4.99 Å². The number of halogens is 1. The van der Waals surface area contributed by atoms with Crippen molar-refractivity contribution in [2.24, 2.45) is 10.9 Å². The maximum atomic E-state index is 12.1. The predicted molar refractivity (Wildman–Crippen MR) is 110 cm³/mol. The van der Waals surface area contributed by atoms with Crippen LogP contribution in [0.1, 0.15) is 40.0 Å². The number of guanidine groups is 1. The topological polar surface area (TPSA) is 60.0 Å². The van der Waals surface area contributed by atoms with Gasteiger partial charge in [0.2, 0.25) is 5.91 Å². The molecule has 1 aliphatic carbocycles. The quantitative estimate of drug-likeness (QED) is 0.365. The summed E-state index contributed by atoms with van der Waals surface area (Å²) in [5.74, 6) is 1.16. The highest BCUT2D eigenvalue weighted by Gasteiger charge is 2.30. The van der Waals surface area contributed by atoms with Gasteiger partial charge in [-0.25, -0.2) is 0 Å². The van der Waals surface area contributed by atoms with E-state index in [1.54, 1.807) is 7.05 Å². The van der Waals surface area contributed by atoms with Crippen LogP contribution in [0.25, 0.3) is 0 Å². The van der Waals surface area contributed by atoms with E-state index in [0.717, 1.165) is 38.1 Å². The fraction of sp³-hybridized carbons (Fsp3) is 0.882. The molecule has 1 aliphatic heterocycles. The van der Waals surface area contributed by atoms with Gasteiger partial charge < -0.3 is 15.5 Å². The van der Waals surface area contributed by atoms with Crippen molar-refractivity contribution in [1.29, 1.82) is 0 Å². The molecule has 6 nitrogen and oxygen atoms in total. The van der Waals surface area contributed by atoms with E-state index in [1.165, 1.54) is 12.8 Å². The van der Waals surface area contributed by atoms with Crippen LogP contribution in [0.5, 0.6) is 0 Å². The highest BCUT2D eigenvalue weighted by atomic mass is 127. The standard InChI is InChI=1S/C17H33N5O.HI/c1-12(2)16(23)22-9-8-14(11-22)20-17(18-4)19-10-13(3)21(5)15-6-7-15;/h12-15H,6-11H2,1-5H3,(H2,18,19,20);1H. The van der Waals surface area contributed by atoms with E-state index >= 15 is 0 Å². The molecule has 2 atom stereocenters. The molecule has 1 saturated carbocycles. The molecule has 2 rings (SSSR count). The van der Waals surface area contributed by atoms with Gasteiger partial charge in [-0.15, -0.1) is 24.0 Å². The minimum Gasteiger partial charge on any atom is -0.355 e. The second-order valence-corrected chi connectivity index (χ2v) is 7.27. The van der Waals surface area contributed by atoms with Crippen molar-refractivity contribution in [1.82, 2.24) is 20.4 Å².